The molecule has 0 amide bonds. The number of pyridine rings is 1. The zero-order chi connectivity index (χ0) is 32.1. The summed E-state index contributed by atoms with van der Waals surface area (Å²) in [5.41, 5.74) is 3.95. The van der Waals surface area contributed by atoms with Crippen LogP contribution in [0, 0.1) is 0 Å². The molecule has 0 radical (unpaired) electrons. The standard InChI is InChI=1S/C38H28F3NO4/c39-38(40,41)34-11-5-10-33-36(29(23-42-37(33)34)20-25-6-2-1-3-7-25)28-8-4-9-32(22-28)46-31-18-16-30(17-19-31)45-24-27-14-12-26(13-15-27)21-35(43)44/h1-19,22-23H,20-21,24H2,(H,43,44). The summed E-state index contributed by atoms with van der Waals surface area (Å²) in [5.74, 6) is 0.836. The van der Waals surface area contributed by atoms with Crippen LogP contribution in [0.1, 0.15) is 27.8 Å². The number of rotatable bonds is 10. The van der Waals surface area contributed by atoms with Crippen LogP contribution in [0.25, 0.3) is 22.0 Å². The maximum absolute atomic E-state index is 13.9. The van der Waals surface area contributed by atoms with Gasteiger partial charge in [0.1, 0.15) is 23.9 Å². The number of carbonyl (C=O) groups is 1. The first-order valence-electron chi connectivity index (χ1n) is 14.6. The fraction of sp³-hybridized carbons (Fsp3) is 0.105. The van der Waals surface area contributed by atoms with Gasteiger partial charge in [0.25, 0.3) is 0 Å². The number of halogens is 3. The predicted octanol–water partition coefficient (Wildman–Crippen LogP) is 9.51. The van der Waals surface area contributed by atoms with Gasteiger partial charge in [0, 0.05) is 11.6 Å². The first kappa shape index (κ1) is 30.4. The van der Waals surface area contributed by atoms with Crippen molar-refractivity contribution in [2.75, 3.05) is 0 Å². The highest BCUT2D eigenvalue weighted by atomic mass is 19.4. The quantitative estimate of drug-likeness (QED) is 0.165. The lowest BCUT2D eigenvalue weighted by atomic mass is 9.92. The van der Waals surface area contributed by atoms with Gasteiger partial charge in [-0.2, -0.15) is 13.2 Å². The van der Waals surface area contributed by atoms with E-state index in [1.165, 1.54) is 12.3 Å². The zero-order valence-electron chi connectivity index (χ0n) is 24.5. The number of aliphatic carboxylic acids is 1. The van der Waals surface area contributed by atoms with E-state index in [1.807, 2.05) is 60.7 Å². The van der Waals surface area contributed by atoms with Gasteiger partial charge in [-0.1, -0.05) is 78.9 Å². The number of fused-ring (bicyclic) bond motifs is 1. The smallest absolute Gasteiger partial charge is 0.418 e. The number of aromatic nitrogens is 1. The molecule has 1 heterocycles. The molecule has 230 valence electrons. The summed E-state index contributed by atoms with van der Waals surface area (Å²) in [6, 6.07) is 35.5. The summed E-state index contributed by atoms with van der Waals surface area (Å²) in [4.78, 5) is 15.2. The Bertz CT molecular complexity index is 1970. The molecule has 0 aliphatic heterocycles. The molecule has 0 aliphatic carbocycles. The molecule has 1 N–H and O–H groups in total. The molecule has 6 aromatic rings. The van der Waals surface area contributed by atoms with Crippen molar-refractivity contribution in [1.82, 2.24) is 4.98 Å². The molecule has 0 saturated heterocycles. The number of carboxylic acid groups (broad SMARTS) is 1. The molecular formula is C38H28F3NO4. The van der Waals surface area contributed by atoms with Gasteiger partial charge in [-0.3, -0.25) is 9.78 Å². The Morgan fingerprint density at radius 1 is 0.717 bits per heavy atom. The number of hydrogen-bond acceptors (Lipinski definition) is 4. The van der Waals surface area contributed by atoms with Crippen LogP contribution in [-0.2, 0) is 30.4 Å². The van der Waals surface area contributed by atoms with Gasteiger partial charge >= 0.3 is 12.1 Å². The van der Waals surface area contributed by atoms with E-state index in [1.54, 1.807) is 48.5 Å². The Hall–Kier alpha value is -5.63. The lowest BCUT2D eigenvalue weighted by Crippen LogP contribution is -2.07. The van der Waals surface area contributed by atoms with Crippen molar-refractivity contribution in [3.63, 3.8) is 0 Å². The highest BCUT2D eigenvalue weighted by Crippen LogP contribution is 2.40. The normalized spacial score (nSPS) is 11.4. The number of nitrogens with zero attached hydrogens (tertiary/aromatic N) is 1. The van der Waals surface area contributed by atoms with E-state index in [-0.39, 0.29) is 11.9 Å². The van der Waals surface area contributed by atoms with E-state index in [4.69, 9.17) is 14.6 Å². The molecule has 0 saturated carbocycles. The molecule has 0 bridgehead atoms. The highest BCUT2D eigenvalue weighted by Gasteiger charge is 2.33. The summed E-state index contributed by atoms with van der Waals surface area (Å²) in [5, 5.41) is 9.35. The highest BCUT2D eigenvalue weighted by molar-refractivity contribution is 5.98. The van der Waals surface area contributed by atoms with Crippen LogP contribution in [0.5, 0.6) is 17.2 Å². The number of benzene rings is 5. The van der Waals surface area contributed by atoms with Crippen LogP contribution in [0.15, 0.2) is 128 Å². The Balaban J connectivity index is 1.25. The molecule has 5 aromatic carbocycles. The second-order valence-corrected chi connectivity index (χ2v) is 10.8. The Morgan fingerprint density at radius 3 is 2.13 bits per heavy atom. The van der Waals surface area contributed by atoms with Crippen molar-refractivity contribution >= 4 is 16.9 Å². The van der Waals surface area contributed by atoms with E-state index >= 15 is 0 Å². The molecule has 8 heteroatoms. The fourth-order valence-corrected chi connectivity index (χ4v) is 5.33. The van der Waals surface area contributed by atoms with Crippen molar-refractivity contribution < 1.29 is 32.5 Å². The maximum atomic E-state index is 13.9. The van der Waals surface area contributed by atoms with Crippen LogP contribution >= 0.6 is 0 Å². The molecule has 1 aromatic heterocycles. The van der Waals surface area contributed by atoms with Crippen LogP contribution in [0.4, 0.5) is 13.2 Å². The van der Waals surface area contributed by atoms with E-state index in [9.17, 15) is 18.0 Å². The lowest BCUT2D eigenvalue weighted by molar-refractivity contribution is -0.137. The topological polar surface area (TPSA) is 68.7 Å². The third-order valence-corrected chi connectivity index (χ3v) is 7.48. The first-order chi connectivity index (χ1) is 22.2. The average Bonchev–Trinajstić information content (AvgIpc) is 3.04. The molecular weight excluding hydrogens is 591 g/mol. The molecule has 0 spiro atoms. The third kappa shape index (κ3) is 7.18. The third-order valence-electron chi connectivity index (χ3n) is 7.48. The number of carboxylic acids is 1. The minimum absolute atomic E-state index is 0.0293. The summed E-state index contributed by atoms with van der Waals surface area (Å²) >= 11 is 0. The van der Waals surface area contributed by atoms with Gasteiger partial charge in [0.15, 0.2) is 0 Å². The molecule has 5 nitrogen and oxygen atoms in total. The largest absolute Gasteiger partial charge is 0.489 e. The van der Waals surface area contributed by atoms with E-state index in [2.05, 4.69) is 4.98 Å². The Morgan fingerprint density at radius 2 is 1.41 bits per heavy atom. The number of para-hydroxylation sites is 1. The van der Waals surface area contributed by atoms with Gasteiger partial charge in [-0.25, -0.2) is 0 Å². The summed E-state index contributed by atoms with van der Waals surface area (Å²) in [6.45, 7) is 0.316. The average molecular weight is 620 g/mol. The maximum Gasteiger partial charge on any atom is 0.418 e. The van der Waals surface area contributed by atoms with Gasteiger partial charge in [0.2, 0.25) is 0 Å². The van der Waals surface area contributed by atoms with E-state index < -0.39 is 17.7 Å². The fourth-order valence-electron chi connectivity index (χ4n) is 5.33. The van der Waals surface area contributed by atoms with Crippen LogP contribution in [0.2, 0.25) is 0 Å². The van der Waals surface area contributed by atoms with Crippen molar-refractivity contribution in [3.8, 4) is 28.4 Å². The van der Waals surface area contributed by atoms with Gasteiger partial charge in [-0.05, 0) is 82.3 Å². The summed E-state index contributed by atoms with van der Waals surface area (Å²) in [6.07, 6.45) is -2.54. The molecule has 0 aliphatic rings. The summed E-state index contributed by atoms with van der Waals surface area (Å²) < 4.78 is 53.8. The minimum atomic E-state index is -4.54. The second kappa shape index (κ2) is 13.2. The SMILES string of the molecule is O=C(O)Cc1ccc(COc2ccc(Oc3cccc(-c4c(Cc5ccccc5)cnc5c(C(F)(F)F)cccc45)c3)cc2)cc1. The molecule has 0 fully saturated rings. The molecule has 46 heavy (non-hydrogen) atoms. The van der Waals surface area contributed by atoms with E-state index in [0.717, 1.165) is 28.3 Å². The van der Waals surface area contributed by atoms with Gasteiger partial charge < -0.3 is 14.6 Å². The van der Waals surface area contributed by atoms with Crippen LogP contribution < -0.4 is 9.47 Å². The number of ether oxygens (including phenoxy) is 2. The second-order valence-electron chi connectivity index (χ2n) is 10.8. The van der Waals surface area contributed by atoms with Gasteiger partial charge in [0.05, 0.1) is 17.5 Å². The van der Waals surface area contributed by atoms with Gasteiger partial charge in [-0.15, -0.1) is 0 Å². The first-order valence-corrected chi connectivity index (χ1v) is 14.6. The van der Waals surface area contributed by atoms with Crippen LogP contribution in [0.3, 0.4) is 0 Å². The Labute approximate surface area is 263 Å². The number of hydrogen-bond donors (Lipinski definition) is 1. The lowest BCUT2D eigenvalue weighted by Gasteiger charge is -2.17. The monoisotopic (exact) mass is 619 g/mol. The molecule has 0 atom stereocenters. The predicted molar refractivity (Wildman–Crippen MR) is 170 cm³/mol. The van der Waals surface area contributed by atoms with Crippen molar-refractivity contribution in [1.29, 1.82) is 0 Å². The van der Waals surface area contributed by atoms with E-state index in [0.29, 0.717) is 46.8 Å². The molecule has 0 unspecified atom stereocenters. The minimum Gasteiger partial charge on any atom is -0.489 e. The van der Waals surface area contributed by atoms with Crippen molar-refractivity contribution in [3.05, 3.63) is 155 Å². The Kier molecular flexibility index (Phi) is 8.70. The zero-order valence-corrected chi connectivity index (χ0v) is 24.5. The van der Waals surface area contributed by atoms with Crippen LogP contribution in [-0.4, -0.2) is 16.1 Å². The van der Waals surface area contributed by atoms with Crippen molar-refractivity contribution in [2.45, 2.75) is 25.6 Å². The van der Waals surface area contributed by atoms with Crippen molar-refractivity contribution in [2.24, 2.45) is 0 Å². The summed E-state index contributed by atoms with van der Waals surface area (Å²) in [7, 11) is 0. The number of alkyl halides is 3. The molecule has 6 rings (SSSR count).